The molecule has 0 spiro atoms. The summed E-state index contributed by atoms with van der Waals surface area (Å²) in [7, 11) is 0. The molecule has 1 unspecified atom stereocenters. The molecule has 2 heterocycles. The summed E-state index contributed by atoms with van der Waals surface area (Å²) in [5, 5.41) is 2.42. The lowest BCUT2D eigenvalue weighted by Gasteiger charge is -2.19. The van der Waals surface area contributed by atoms with E-state index in [-0.39, 0.29) is 11.6 Å². The van der Waals surface area contributed by atoms with Gasteiger partial charge in [-0.3, -0.25) is 4.79 Å². The van der Waals surface area contributed by atoms with Gasteiger partial charge >= 0.3 is 5.97 Å². The molecule has 0 bridgehead atoms. The Morgan fingerprint density at radius 2 is 1.91 bits per heavy atom. The van der Waals surface area contributed by atoms with Gasteiger partial charge in [0.05, 0.1) is 0 Å². The number of amides is 1. The van der Waals surface area contributed by atoms with Crippen molar-refractivity contribution in [2.45, 2.75) is 25.9 Å². The van der Waals surface area contributed by atoms with E-state index >= 15 is 0 Å². The molecule has 1 aliphatic heterocycles. The van der Waals surface area contributed by atoms with Crippen molar-refractivity contribution in [1.82, 2.24) is 9.88 Å². The van der Waals surface area contributed by atoms with E-state index in [1.807, 2.05) is 30.3 Å². The maximum atomic E-state index is 12.2. The van der Waals surface area contributed by atoms with Crippen LogP contribution in [0.1, 0.15) is 30.3 Å². The van der Waals surface area contributed by atoms with Crippen LogP contribution in [0, 0.1) is 0 Å². The van der Waals surface area contributed by atoms with E-state index in [0.717, 1.165) is 36.5 Å². The Balaban J connectivity index is 1.64. The second-order valence-electron chi connectivity index (χ2n) is 5.48. The minimum atomic E-state index is -0.775. The van der Waals surface area contributed by atoms with Gasteiger partial charge in [-0.25, -0.2) is 9.78 Å². The van der Waals surface area contributed by atoms with Gasteiger partial charge in [0.25, 0.3) is 5.91 Å². The third-order valence-corrected chi connectivity index (χ3v) is 4.67. The Labute approximate surface area is 138 Å². The molecular weight excluding hydrogens is 312 g/mol. The van der Waals surface area contributed by atoms with Crippen LogP contribution in [-0.4, -0.2) is 41.0 Å². The van der Waals surface area contributed by atoms with Crippen LogP contribution in [-0.2, 0) is 9.53 Å². The monoisotopic (exact) mass is 330 g/mol. The van der Waals surface area contributed by atoms with Gasteiger partial charge in [-0.05, 0) is 19.8 Å². The van der Waals surface area contributed by atoms with E-state index in [4.69, 9.17) is 4.74 Å². The number of esters is 1. The fourth-order valence-corrected chi connectivity index (χ4v) is 3.34. The van der Waals surface area contributed by atoms with Crippen molar-refractivity contribution in [3.8, 4) is 10.6 Å². The Bertz CT molecular complexity index is 693. The number of hydrogen-bond acceptors (Lipinski definition) is 5. The third-order valence-electron chi connectivity index (χ3n) is 3.78. The molecule has 2 aromatic rings. The highest BCUT2D eigenvalue weighted by Crippen LogP contribution is 2.23. The van der Waals surface area contributed by atoms with Crippen molar-refractivity contribution >= 4 is 23.2 Å². The molecule has 0 radical (unpaired) electrons. The minimum Gasteiger partial charge on any atom is -0.448 e. The number of rotatable bonds is 4. The molecule has 5 nitrogen and oxygen atoms in total. The van der Waals surface area contributed by atoms with Crippen LogP contribution >= 0.6 is 11.3 Å². The third kappa shape index (κ3) is 3.59. The van der Waals surface area contributed by atoms with Gasteiger partial charge in [-0.15, -0.1) is 11.3 Å². The molecule has 120 valence electrons. The van der Waals surface area contributed by atoms with Crippen LogP contribution < -0.4 is 0 Å². The van der Waals surface area contributed by atoms with Crippen LogP contribution in [0.25, 0.3) is 10.6 Å². The average molecular weight is 330 g/mol. The number of nitrogens with zero attached hydrogens (tertiary/aromatic N) is 2. The number of carbonyl (C=O) groups excluding carboxylic acids is 2. The molecule has 23 heavy (non-hydrogen) atoms. The Morgan fingerprint density at radius 3 is 2.61 bits per heavy atom. The predicted octanol–water partition coefficient (Wildman–Crippen LogP) is 2.98. The predicted molar refractivity (Wildman–Crippen MR) is 88.2 cm³/mol. The normalized spacial score (nSPS) is 15.4. The first kappa shape index (κ1) is 15.7. The van der Waals surface area contributed by atoms with Crippen LogP contribution in [0.5, 0.6) is 0 Å². The van der Waals surface area contributed by atoms with Gasteiger partial charge in [-0.1, -0.05) is 30.3 Å². The molecule has 3 rings (SSSR count). The number of carbonyl (C=O) groups is 2. The van der Waals surface area contributed by atoms with E-state index < -0.39 is 12.1 Å². The number of aromatic nitrogens is 1. The van der Waals surface area contributed by atoms with Gasteiger partial charge in [-0.2, -0.15) is 0 Å². The first-order valence-corrected chi connectivity index (χ1v) is 8.54. The van der Waals surface area contributed by atoms with Crippen molar-refractivity contribution in [2.24, 2.45) is 0 Å². The molecule has 0 N–H and O–H groups in total. The Morgan fingerprint density at radius 1 is 1.22 bits per heavy atom. The van der Waals surface area contributed by atoms with E-state index in [2.05, 4.69) is 4.98 Å². The molecule has 0 saturated carbocycles. The van der Waals surface area contributed by atoms with E-state index in [1.165, 1.54) is 11.3 Å². The minimum absolute atomic E-state index is 0.130. The lowest BCUT2D eigenvalue weighted by molar-refractivity contribution is -0.138. The first-order valence-electron chi connectivity index (χ1n) is 7.66. The second kappa shape index (κ2) is 6.91. The summed E-state index contributed by atoms with van der Waals surface area (Å²) in [6.07, 6.45) is 1.25. The molecule has 1 amide bonds. The van der Waals surface area contributed by atoms with Crippen molar-refractivity contribution < 1.29 is 14.3 Å². The highest BCUT2D eigenvalue weighted by Gasteiger charge is 2.27. The topological polar surface area (TPSA) is 59.5 Å². The molecule has 1 aliphatic rings. The summed E-state index contributed by atoms with van der Waals surface area (Å²) in [4.78, 5) is 30.4. The zero-order chi connectivity index (χ0) is 16.2. The summed E-state index contributed by atoms with van der Waals surface area (Å²) in [6, 6.07) is 9.65. The molecule has 1 saturated heterocycles. The second-order valence-corrected chi connectivity index (χ2v) is 6.34. The Kier molecular flexibility index (Phi) is 4.71. The van der Waals surface area contributed by atoms with E-state index in [1.54, 1.807) is 17.2 Å². The fourth-order valence-electron chi connectivity index (χ4n) is 2.55. The SMILES string of the molecule is CC(OC(=O)c1csc(-c2ccccc2)n1)C(=O)N1CCCC1. The van der Waals surface area contributed by atoms with Gasteiger partial charge < -0.3 is 9.64 Å². The van der Waals surface area contributed by atoms with Gasteiger partial charge in [0.15, 0.2) is 11.8 Å². The highest BCUT2D eigenvalue weighted by atomic mass is 32.1. The zero-order valence-electron chi connectivity index (χ0n) is 12.9. The molecule has 6 heteroatoms. The maximum absolute atomic E-state index is 12.2. The summed E-state index contributed by atoms with van der Waals surface area (Å²) in [5.41, 5.74) is 1.20. The number of benzene rings is 1. The molecular formula is C17H18N2O3S. The molecule has 1 fully saturated rings. The van der Waals surface area contributed by atoms with Crippen molar-refractivity contribution in [3.63, 3.8) is 0 Å². The Hall–Kier alpha value is -2.21. The van der Waals surface area contributed by atoms with Gasteiger partial charge in [0.2, 0.25) is 0 Å². The lowest BCUT2D eigenvalue weighted by atomic mass is 10.2. The molecule has 1 aromatic heterocycles. The quantitative estimate of drug-likeness (QED) is 0.809. The van der Waals surface area contributed by atoms with E-state index in [9.17, 15) is 9.59 Å². The van der Waals surface area contributed by atoms with Crippen LogP contribution in [0.4, 0.5) is 0 Å². The van der Waals surface area contributed by atoms with Crippen LogP contribution in [0.15, 0.2) is 35.7 Å². The van der Waals surface area contributed by atoms with Gasteiger partial charge in [0, 0.05) is 24.0 Å². The smallest absolute Gasteiger partial charge is 0.358 e. The van der Waals surface area contributed by atoms with Crippen molar-refractivity contribution in [1.29, 1.82) is 0 Å². The summed E-state index contributed by atoms with van der Waals surface area (Å²) in [6.45, 7) is 3.11. The number of likely N-dealkylation sites (tertiary alicyclic amines) is 1. The molecule has 1 aromatic carbocycles. The van der Waals surface area contributed by atoms with Crippen LogP contribution in [0.2, 0.25) is 0 Å². The van der Waals surface area contributed by atoms with E-state index in [0.29, 0.717) is 0 Å². The largest absolute Gasteiger partial charge is 0.448 e. The van der Waals surface area contributed by atoms with Gasteiger partial charge in [0.1, 0.15) is 5.01 Å². The van der Waals surface area contributed by atoms with Crippen molar-refractivity contribution in [3.05, 3.63) is 41.4 Å². The number of thiazole rings is 1. The number of hydrogen-bond donors (Lipinski definition) is 0. The van der Waals surface area contributed by atoms with Crippen LogP contribution in [0.3, 0.4) is 0 Å². The first-order chi connectivity index (χ1) is 11.1. The zero-order valence-corrected chi connectivity index (χ0v) is 13.7. The standard InChI is InChI=1S/C17H18N2O3S/c1-12(16(20)19-9-5-6-10-19)22-17(21)14-11-23-15(18-14)13-7-3-2-4-8-13/h2-4,7-8,11-12H,5-6,9-10H2,1H3. The lowest BCUT2D eigenvalue weighted by Crippen LogP contribution is -2.38. The molecule has 0 aliphatic carbocycles. The maximum Gasteiger partial charge on any atom is 0.358 e. The number of ether oxygens (including phenoxy) is 1. The summed E-state index contributed by atoms with van der Waals surface area (Å²) < 4.78 is 5.27. The highest BCUT2D eigenvalue weighted by molar-refractivity contribution is 7.13. The van der Waals surface area contributed by atoms with Crippen molar-refractivity contribution in [2.75, 3.05) is 13.1 Å². The molecule has 1 atom stereocenters. The average Bonchev–Trinajstić information content (AvgIpc) is 3.26. The fraction of sp³-hybridized carbons (Fsp3) is 0.353. The summed E-state index contributed by atoms with van der Waals surface area (Å²) >= 11 is 1.38. The summed E-state index contributed by atoms with van der Waals surface area (Å²) in [5.74, 6) is -0.683.